The molecular weight excluding hydrogens is 412 g/mol. The van der Waals surface area contributed by atoms with Crippen molar-refractivity contribution >= 4 is 65.3 Å². The highest BCUT2D eigenvalue weighted by Gasteiger charge is 2.47. The van der Waals surface area contributed by atoms with Crippen LogP contribution in [0.3, 0.4) is 0 Å². The quantitative estimate of drug-likeness (QED) is 0.605. The summed E-state index contributed by atoms with van der Waals surface area (Å²) in [6, 6.07) is 3.13. The molecule has 128 valence electrons. The molecule has 2 aromatic heterocycles. The molecule has 0 aliphatic rings. The van der Waals surface area contributed by atoms with Gasteiger partial charge in [-0.1, -0.05) is 34.5 Å². The summed E-state index contributed by atoms with van der Waals surface area (Å²) in [5.74, 6) is -2.93. The number of benzene rings is 1. The average Bonchev–Trinajstić information content (AvgIpc) is 2.99. The lowest BCUT2D eigenvalue weighted by Crippen LogP contribution is -2.30. The Kier molecular flexibility index (Phi) is 4.06. The maximum Gasteiger partial charge on any atom is 0.497 e. The molecule has 0 radical (unpaired) electrons. The normalized spacial score (nSPS) is 13.0. The van der Waals surface area contributed by atoms with E-state index in [-0.39, 0.29) is 15.7 Å². The van der Waals surface area contributed by atoms with Crippen LogP contribution >= 0.6 is 34.5 Å². The first-order valence-electron chi connectivity index (χ1n) is 6.09. The van der Waals surface area contributed by atoms with Gasteiger partial charge in [0.05, 0.1) is 20.3 Å². The van der Waals surface area contributed by atoms with Crippen LogP contribution in [0.5, 0.6) is 0 Å². The fraction of sp³-hybridized carbons (Fsp3) is 0.167. The van der Waals surface area contributed by atoms with E-state index in [2.05, 4.69) is 4.98 Å². The Balaban J connectivity index is 2.03. The molecular formula is C12H5Cl2F3N2O3S2. The molecule has 0 fully saturated rings. The van der Waals surface area contributed by atoms with E-state index in [0.29, 0.717) is 15.2 Å². The van der Waals surface area contributed by atoms with Gasteiger partial charge >= 0.3 is 5.51 Å². The molecule has 0 atom stereocenters. The number of ketones is 1. The Labute approximate surface area is 146 Å². The Bertz CT molecular complexity index is 1090. The Morgan fingerprint density at radius 3 is 2.58 bits per heavy atom. The van der Waals surface area contributed by atoms with Crippen molar-refractivity contribution < 1.29 is 26.4 Å². The summed E-state index contributed by atoms with van der Waals surface area (Å²) in [6.07, 6.45) is 1.17. The van der Waals surface area contributed by atoms with Crippen molar-refractivity contribution in [1.82, 2.24) is 9.38 Å². The van der Waals surface area contributed by atoms with Crippen LogP contribution in [-0.2, 0) is 9.84 Å². The lowest BCUT2D eigenvalue weighted by Gasteiger charge is -2.05. The standard InChI is InChI=1S/C12H5Cl2F3N2O3S2/c13-5-1-2-7-10(9(5)14)23-11-18-6(3-19(7)11)8(20)4-24(21,22)12(15,16)17/h1-3H,4H2. The lowest BCUT2D eigenvalue weighted by molar-refractivity contribution is -0.0434. The largest absolute Gasteiger partial charge is 0.497 e. The van der Waals surface area contributed by atoms with E-state index in [1.54, 1.807) is 6.07 Å². The highest BCUT2D eigenvalue weighted by Crippen LogP contribution is 2.36. The predicted octanol–water partition coefficient (Wildman–Crippen LogP) is 3.97. The maximum absolute atomic E-state index is 12.4. The zero-order valence-corrected chi connectivity index (χ0v) is 14.4. The van der Waals surface area contributed by atoms with E-state index in [1.807, 2.05) is 0 Å². The van der Waals surface area contributed by atoms with Gasteiger partial charge in [-0.3, -0.25) is 9.20 Å². The van der Waals surface area contributed by atoms with Gasteiger partial charge in [-0.05, 0) is 12.1 Å². The number of hydrogen-bond donors (Lipinski definition) is 0. The Morgan fingerprint density at radius 2 is 1.96 bits per heavy atom. The minimum atomic E-state index is -5.55. The monoisotopic (exact) mass is 416 g/mol. The number of carbonyl (C=O) groups excluding carboxylic acids is 1. The summed E-state index contributed by atoms with van der Waals surface area (Å²) in [7, 11) is -5.55. The first-order chi connectivity index (χ1) is 11.0. The molecule has 0 bridgehead atoms. The topological polar surface area (TPSA) is 68.5 Å². The van der Waals surface area contributed by atoms with E-state index in [4.69, 9.17) is 23.2 Å². The van der Waals surface area contributed by atoms with Crippen molar-refractivity contribution in [2.75, 3.05) is 5.75 Å². The smallest absolute Gasteiger partial charge is 0.291 e. The van der Waals surface area contributed by atoms with Gasteiger partial charge in [0.15, 0.2) is 10.7 Å². The zero-order valence-electron chi connectivity index (χ0n) is 11.3. The number of Topliss-reactive ketones (excluding diaryl/α,β-unsaturated/α-hetero) is 1. The molecule has 0 spiro atoms. The molecule has 0 N–H and O–H groups in total. The third-order valence-electron chi connectivity index (χ3n) is 3.12. The number of sulfone groups is 1. The SMILES string of the molecule is O=C(CS(=O)(=O)C(F)(F)F)c1cn2c(n1)sc1c(Cl)c(Cl)ccc12. The number of nitrogens with zero attached hydrogens (tertiary/aromatic N) is 2. The van der Waals surface area contributed by atoms with Crippen molar-refractivity contribution in [2.45, 2.75) is 5.51 Å². The van der Waals surface area contributed by atoms with Gasteiger partial charge < -0.3 is 0 Å². The minimum Gasteiger partial charge on any atom is -0.291 e. The highest BCUT2D eigenvalue weighted by atomic mass is 35.5. The molecule has 5 nitrogen and oxygen atoms in total. The summed E-state index contributed by atoms with van der Waals surface area (Å²) in [5.41, 5.74) is -5.31. The number of thiazole rings is 1. The van der Waals surface area contributed by atoms with Crippen LogP contribution < -0.4 is 0 Å². The van der Waals surface area contributed by atoms with Crippen LogP contribution in [-0.4, -0.2) is 34.8 Å². The number of aromatic nitrogens is 2. The van der Waals surface area contributed by atoms with Crippen molar-refractivity contribution in [3.8, 4) is 0 Å². The third kappa shape index (κ3) is 2.77. The van der Waals surface area contributed by atoms with Gasteiger partial charge in [0.2, 0.25) is 0 Å². The molecule has 0 unspecified atom stereocenters. The molecule has 0 aliphatic heterocycles. The summed E-state index contributed by atoms with van der Waals surface area (Å²) < 4.78 is 61.2. The number of alkyl halides is 3. The van der Waals surface area contributed by atoms with Gasteiger partial charge in [-0.25, -0.2) is 13.4 Å². The maximum atomic E-state index is 12.4. The summed E-state index contributed by atoms with van der Waals surface area (Å²) >= 11 is 13.0. The average molecular weight is 417 g/mol. The molecule has 1 aromatic carbocycles. The van der Waals surface area contributed by atoms with E-state index < -0.39 is 26.9 Å². The van der Waals surface area contributed by atoms with Crippen LogP contribution in [0, 0.1) is 0 Å². The summed E-state index contributed by atoms with van der Waals surface area (Å²) in [4.78, 5) is 16.0. The molecule has 24 heavy (non-hydrogen) atoms. The van der Waals surface area contributed by atoms with Crippen LogP contribution in [0.1, 0.15) is 10.5 Å². The molecule has 0 saturated heterocycles. The second kappa shape index (κ2) is 5.58. The third-order valence-corrected chi connectivity index (χ3v) is 6.47. The van der Waals surface area contributed by atoms with Gasteiger partial charge in [0.25, 0.3) is 9.84 Å². The number of rotatable bonds is 3. The second-order valence-corrected chi connectivity index (χ2v) is 8.46. The van der Waals surface area contributed by atoms with Gasteiger partial charge in [-0.15, -0.1) is 0 Å². The van der Waals surface area contributed by atoms with Crippen molar-refractivity contribution in [3.63, 3.8) is 0 Å². The molecule has 3 rings (SSSR count). The fourth-order valence-corrected chi connectivity index (χ4v) is 4.16. The van der Waals surface area contributed by atoms with Crippen LogP contribution in [0.2, 0.25) is 10.0 Å². The van der Waals surface area contributed by atoms with Crippen molar-refractivity contribution in [1.29, 1.82) is 0 Å². The minimum absolute atomic E-state index is 0.280. The van der Waals surface area contributed by atoms with Crippen molar-refractivity contribution in [2.24, 2.45) is 0 Å². The Hall–Kier alpha value is -1.36. The number of halogens is 5. The molecule has 3 aromatic rings. The molecule has 2 heterocycles. The molecule has 0 saturated carbocycles. The van der Waals surface area contributed by atoms with E-state index >= 15 is 0 Å². The number of carbonyl (C=O) groups is 1. The number of hydrogen-bond acceptors (Lipinski definition) is 5. The lowest BCUT2D eigenvalue weighted by atomic mass is 10.3. The molecule has 12 heteroatoms. The fourth-order valence-electron chi connectivity index (χ4n) is 1.97. The number of fused-ring (bicyclic) bond motifs is 3. The van der Waals surface area contributed by atoms with Gasteiger partial charge in [0.1, 0.15) is 11.4 Å². The van der Waals surface area contributed by atoms with Gasteiger partial charge in [0, 0.05) is 6.20 Å². The first kappa shape index (κ1) is 17.5. The predicted molar refractivity (Wildman–Crippen MR) is 84.8 cm³/mol. The summed E-state index contributed by atoms with van der Waals surface area (Å²) in [5, 5.41) is 0.610. The molecule has 0 amide bonds. The van der Waals surface area contributed by atoms with E-state index in [0.717, 1.165) is 11.3 Å². The number of imidazole rings is 1. The second-order valence-electron chi connectivity index (χ2n) is 4.72. The highest BCUT2D eigenvalue weighted by molar-refractivity contribution is 7.93. The van der Waals surface area contributed by atoms with Crippen LogP contribution in [0.4, 0.5) is 13.2 Å². The first-order valence-corrected chi connectivity index (χ1v) is 9.31. The molecule has 0 aliphatic carbocycles. The summed E-state index contributed by atoms with van der Waals surface area (Å²) in [6.45, 7) is 0. The van der Waals surface area contributed by atoms with Crippen LogP contribution in [0.15, 0.2) is 18.3 Å². The zero-order chi connectivity index (χ0) is 17.9. The van der Waals surface area contributed by atoms with E-state index in [1.165, 1.54) is 16.7 Å². The van der Waals surface area contributed by atoms with E-state index in [9.17, 15) is 26.4 Å². The Morgan fingerprint density at radius 1 is 1.29 bits per heavy atom. The van der Waals surface area contributed by atoms with Gasteiger partial charge in [-0.2, -0.15) is 13.2 Å². The van der Waals surface area contributed by atoms with Crippen molar-refractivity contribution in [3.05, 3.63) is 34.1 Å². The van der Waals surface area contributed by atoms with Crippen LogP contribution in [0.25, 0.3) is 15.2 Å².